The Labute approximate surface area is 160 Å². The maximum absolute atomic E-state index is 9.82. The molecule has 0 aromatic heterocycles. The van der Waals surface area contributed by atoms with Crippen molar-refractivity contribution >= 4 is 5.57 Å². The summed E-state index contributed by atoms with van der Waals surface area (Å²) in [5.74, 6) is 0. The number of terminal acetylenes is 1. The Morgan fingerprint density at radius 3 is 2.19 bits per heavy atom. The van der Waals surface area contributed by atoms with Crippen molar-refractivity contribution in [3.8, 4) is 12.6 Å². The van der Waals surface area contributed by atoms with Gasteiger partial charge < -0.3 is 0 Å². The summed E-state index contributed by atoms with van der Waals surface area (Å²) in [6, 6.07) is 19.2. The normalized spacial score (nSPS) is 9.04. The van der Waals surface area contributed by atoms with E-state index < -0.39 is 0 Å². The number of halogens is 1. The van der Waals surface area contributed by atoms with Gasteiger partial charge in [0.25, 0.3) is 0 Å². The molecular formula is C25H33F. The van der Waals surface area contributed by atoms with Crippen molar-refractivity contribution in [2.45, 2.75) is 59.3 Å². The van der Waals surface area contributed by atoms with Gasteiger partial charge in [0.1, 0.15) is 6.17 Å². The number of hydrogen-bond acceptors (Lipinski definition) is 0. The zero-order valence-electron chi connectivity index (χ0n) is 16.6. The van der Waals surface area contributed by atoms with Gasteiger partial charge in [0.2, 0.25) is 0 Å². The van der Waals surface area contributed by atoms with Crippen molar-refractivity contribution in [2.24, 2.45) is 0 Å². The van der Waals surface area contributed by atoms with E-state index in [1.165, 1.54) is 54.4 Å². The summed E-state index contributed by atoms with van der Waals surface area (Å²) in [5, 5.41) is 0. The Bertz CT molecular complexity index is 635. The van der Waals surface area contributed by atoms with Crippen LogP contribution in [-0.2, 0) is 6.42 Å². The summed E-state index contributed by atoms with van der Waals surface area (Å²) in [5.41, 5.74) is 5.35. The average molecular weight is 353 g/mol. The van der Waals surface area contributed by atoms with Gasteiger partial charge in [-0.1, -0.05) is 106 Å². The Morgan fingerprint density at radius 2 is 1.65 bits per heavy atom. The van der Waals surface area contributed by atoms with Gasteiger partial charge in [0.15, 0.2) is 0 Å². The van der Waals surface area contributed by atoms with Crippen molar-refractivity contribution in [2.75, 3.05) is 0 Å². The van der Waals surface area contributed by atoms with E-state index in [-0.39, 0.29) is 0 Å². The maximum atomic E-state index is 9.82. The van der Waals surface area contributed by atoms with Crippen LogP contribution in [0, 0.1) is 19.5 Å². The molecule has 0 fully saturated rings. The van der Waals surface area contributed by atoms with Crippen LogP contribution in [0.15, 0.2) is 61.2 Å². The second-order valence-corrected chi connectivity index (χ2v) is 6.27. The van der Waals surface area contributed by atoms with Crippen molar-refractivity contribution in [3.63, 3.8) is 0 Å². The topological polar surface area (TPSA) is 0 Å². The minimum atomic E-state index is 0.750. The van der Waals surface area contributed by atoms with Crippen LogP contribution in [0.2, 0.25) is 0 Å². The Morgan fingerprint density at radius 1 is 1.00 bits per heavy atom. The Hall–Kier alpha value is -2.33. The molecule has 0 aliphatic carbocycles. The highest BCUT2D eigenvalue weighted by atomic mass is 19.1. The van der Waals surface area contributed by atoms with E-state index in [4.69, 9.17) is 0 Å². The molecule has 0 heterocycles. The first-order valence-electron chi connectivity index (χ1n) is 9.43. The van der Waals surface area contributed by atoms with Crippen molar-refractivity contribution in [1.82, 2.24) is 0 Å². The predicted molar refractivity (Wildman–Crippen MR) is 115 cm³/mol. The van der Waals surface area contributed by atoms with Crippen LogP contribution in [0.4, 0.5) is 4.39 Å². The smallest absolute Gasteiger partial charge is 0.102 e. The Balaban J connectivity index is 0.000000446. The molecular weight excluding hydrogens is 319 g/mol. The van der Waals surface area contributed by atoms with Gasteiger partial charge >= 0.3 is 0 Å². The molecule has 0 atom stereocenters. The van der Waals surface area contributed by atoms with Crippen LogP contribution in [0.1, 0.15) is 62.6 Å². The molecule has 2 aromatic carbocycles. The van der Waals surface area contributed by atoms with E-state index in [0.717, 1.165) is 12.6 Å². The van der Waals surface area contributed by atoms with E-state index in [1.807, 2.05) is 0 Å². The standard InChI is InChI=1S/C14H20.C9H12.C2HF/c1-4-5-6-9-13(3)14-10-7-8-12(2)11-14;1-2-6-9-7-4-3-5-8-9;1-2-3/h7-8,10-11H,3-6,9H2,1-2H3;3-5,7-8H,2,6H2,1H3;1H. The SMILES string of the molecule is C#CF.C=C(CCCCC)c1cccc(C)c1.CCCc1ccccc1. The number of aryl methyl sites for hydroxylation is 2. The molecule has 0 bridgehead atoms. The largest absolute Gasteiger partial charge is 0.144 e. The van der Waals surface area contributed by atoms with Gasteiger partial charge in [0, 0.05) is 0 Å². The molecule has 0 saturated heterocycles. The van der Waals surface area contributed by atoms with E-state index in [0.29, 0.717) is 0 Å². The van der Waals surface area contributed by atoms with Crippen molar-refractivity contribution < 1.29 is 4.39 Å². The molecule has 0 aliphatic heterocycles. The molecule has 0 N–H and O–H groups in total. The minimum absolute atomic E-state index is 0.750. The molecule has 0 spiro atoms. The fraction of sp³-hybridized carbons (Fsp3) is 0.360. The average Bonchev–Trinajstić information content (AvgIpc) is 2.64. The van der Waals surface area contributed by atoms with Gasteiger partial charge in [-0.25, -0.2) is 0 Å². The molecule has 140 valence electrons. The summed E-state index contributed by atoms with van der Waals surface area (Å²) in [7, 11) is 0. The van der Waals surface area contributed by atoms with Crippen molar-refractivity contribution in [3.05, 3.63) is 77.9 Å². The number of hydrogen-bond donors (Lipinski definition) is 0. The van der Waals surface area contributed by atoms with Gasteiger partial charge in [-0.15, -0.1) is 4.39 Å². The molecule has 2 rings (SSSR count). The molecule has 0 aliphatic rings. The van der Waals surface area contributed by atoms with Crippen LogP contribution in [-0.4, -0.2) is 0 Å². The summed E-state index contributed by atoms with van der Waals surface area (Å²) in [4.78, 5) is 0. The third-order valence-electron chi connectivity index (χ3n) is 3.89. The highest BCUT2D eigenvalue weighted by Gasteiger charge is 1.98. The molecule has 0 amide bonds. The van der Waals surface area contributed by atoms with Gasteiger partial charge in [-0.05, 0) is 42.9 Å². The lowest BCUT2D eigenvalue weighted by Crippen LogP contribution is -1.84. The number of allylic oxidation sites excluding steroid dienone is 1. The van der Waals surface area contributed by atoms with E-state index >= 15 is 0 Å². The molecule has 0 unspecified atom stereocenters. The zero-order chi connectivity index (χ0) is 19.6. The van der Waals surface area contributed by atoms with Crippen LogP contribution in [0.5, 0.6) is 0 Å². The quantitative estimate of drug-likeness (QED) is 0.352. The third-order valence-corrected chi connectivity index (χ3v) is 3.89. The number of unbranched alkanes of at least 4 members (excludes halogenated alkanes) is 2. The lowest BCUT2D eigenvalue weighted by molar-refractivity contribution is 0.736. The fourth-order valence-corrected chi connectivity index (χ4v) is 2.53. The first kappa shape index (κ1) is 23.7. The lowest BCUT2D eigenvalue weighted by Gasteiger charge is -2.06. The fourth-order valence-electron chi connectivity index (χ4n) is 2.53. The van der Waals surface area contributed by atoms with Gasteiger partial charge in [0.05, 0.1) is 0 Å². The maximum Gasteiger partial charge on any atom is 0.102 e. The van der Waals surface area contributed by atoms with E-state index in [2.05, 4.69) is 88.4 Å². The van der Waals surface area contributed by atoms with E-state index in [9.17, 15) is 4.39 Å². The number of benzene rings is 2. The second kappa shape index (κ2) is 16.2. The first-order chi connectivity index (χ1) is 12.6. The molecule has 2 aromatic rings. The lowest BCUT2D eigenvalue weighted by atomic mass is 10.00. The molecule has 0 radical (unpaired) electrons. The minimum Gasteiger partial charge on any atom is -0.144 e. The van der Waals surface area contributed by atoms with Gasteiger partial charge in [-0.3, -0.25) is 0 Å². The van der Waals surface area contributed by atoms with Crippen LogP contribution < -0.4 is 0 Å². The highest BCUT2D eigenvalue weighted by Crippen LogP contribution is 2.19. The third kappa shape index (κ3) is 12.1. The first-order valence-corrected chi connectivity index (χ1v) is 9.43. The van der Waals surface area contributed by atoms with Gasteiger partial charge in [-0.2, -0.15) is 0 Å². The molecule has 0 nitrogen and oxygen atoms in total. The monoisotopic (exact) mass is 352 g/mol. The summed E-state index contributed by atoms with van der Waals surface area (Å²) in [6.07, 6.45) is 12.1. The summed E-state index contributed by atoms with van der Waals surface area (Å²) in [6.45, 7) is 10.7. The zero-order valence-corrected chi connectivity index (χ0v) is 16.6. The highest BCUT2D eigenvalue weighted by molar-refractivity contribution is 5.63. The van der Waals surface area contributed by atoms with Crippen LogP contribution in [0.25, 0.3) is 5.57 Å². The molecule has 1 heteroatoms. The number of rotatable bonds is 7. The molecule has 0 saturated carbocycles. The van der Waals surface area contributed by atoms with Crippen molar-refractivity contribution in [1.29, 1.82) is 0 Å². The summed E-state index contributed by atoms with van der Waals surface area (Å²) < 4.78 is 9.82. The Kier molecular flexibility index (Phi) is 14.7. The molecule has 26 heavy (non-hydrogen) atoms. The van der Waals surface area contributed by atoms with E-state index in [1.54, 1.807) is 0 Å². The second-order valence-electron chi connectivity index (χ2n) is 6.27. The summed E-state index contributed by atoms with van der Waals surface area (Å²) >= 11 is 0. The van der Waals surface area contributed by atoms with Crippen LogP contribution >= 0.6 is 0 Å². The van der Waals surface area contributed by atoms with Crippen LogP contribution in [0.3, 0.4) is 0 Å². The predicted octanol–water partition coefficient (Wildman–Crippen LogP) is 7.77.